The predicted molar refractivity (Wildman–Crippen MR) is 68.6 cm³/mol. The molecule has 1 atom stereocenters. The van der Waals surface area contributed by atoms with Gasteiger partial charge in [-0.05, 0) is 25.5 Å². The van der Waals surface area contributed by atoms with E-state index in [9.17, 15) is 13.2 Å². The molecule has 0 aromatic carbocycles. The van der Waals surface area contributed by atoms with E-state index < -0.39 is 21.5 Å². The van der Waals surface area contributed by atoms with Crippen LogP contribution in [0.1, 0.15) is 20.3 Å². The first-order chi connectivity index (χ1) is 8.36. The van der Waals surface area contributed by atoms with E-state index in [1.807, 2.05) is 6.92 Å². The Balaban J connectivity index is 2.84. The van der Waals surface area contributed by atoms with Crippen LogP contribution in [0.15, 0.2) is 23.4 Å². The molecule has 1 amide bonds. The summed E-state index contributed by atoms with van der Waals surface area (Å²) in [5.41, 5.74) is 5.59. The first-order valence-electron chi connectivity index (χ1n) is 5.59. The maximum absolute atomic E-state index is 11.9. The third-order valence-electron chi connectivity index (χ3n) is 2.44. The molecule has 1 heterocycles. The van der Waals surface area contributed by atoms with Gasteiger partial charge in [-0.15, -0.1) is 0 Å². The summed E-state index contributed by atoms with van der Waals surface area (Å²) in [6.45, 7) is 3.70. The Hall–Kier alpha value is -1.63. The Kier molecular flexibility index (Phi) is 4.66. The highest BCUT2D eigenvalue weighted by atomic mass is 32.2. The second kappa shape index (κ2) is 5.81. The van der Waals surface area contributed by atoms with Crippen molar-refractivity contribution in [1.82, 2.24) is 10.3 Å². The summed E-state index contributed by atoms with van der Waals surface area (Å²) in [5.74, 6) is -1.19. The van der Waals surface area contributed by atoms with Gasteiger partial charge in [0.05, 0.1) is 5.69 Å². The summed E-state index contributed by atoms with van der Waals surface area (Å²) in [6.07, 6.45) is 2.06. The van der Waals surface area contributed by atoms with Crippen molar-refractivity contribution in [3.8, 4) is 0 Å². The highest BCUT2D eigenvalue weighted by molar-refractivity contribution is 7.92. The Bertz CT molecular complexity index is 528. The number of rotatable bonds is 5. The van der Waals surface area contributed by atoms with Crippen molar-refractivity contribution in [3.63, 3.8) is 0 Å². The van der Waals surface area contributed by atoms with Crippen molar-refractivity contribution in [3.05, 3.63) is 18.3 Å². The molecule has 0 saturated carbocycles. The molecule has 1 unspecified atom stereocenters. The van der Waals surface area contributed by atoms with Gasteiger partial charge in [0.2, 0.25) is 15.7 Å². The molecule has 1 rings (SSSR count). The van der Waals surface area contributed by atoms with Gasteiger partial charge in [0.25, 0.3) is 0 Å². The molecule has 0 saturated heterocycles. The number of carbonyl (C=O) groups is 1. The van der Waals surface area contributed by atoms with Crippen LogP contribution in [0.3, 0.4) is 0 Å². The minimum Gasteiger partial charge on any atom is -0.396 e. The SMILES string of the molecule is CCC(C)NC(=O)CS(=O)(=O)c1ncccc1N. The maximum Gasteiger partial charge on any atom is 0.235 e. The summed E-state index contributed by atoms with van der Waals surface area (Å²) in [4.78, 5) is 15.3. The van der Waals surface area contributed by atoms with Crippen LogP contribution in [-0.2, 0) is 14.6 Å². The zero-order valence-electron chi connectivity index (χ0n) is 10.4. The number of hydrogen-bond acceptors (Lipinski definition) is 5. The number of aromatic nitrogens is 1. The van der Waals surface area contributed by atoms with Crippen LogP contribution in [-0.4, -0.2) is 31.1 Å². The van der Waals surface area contributed by atoms with E-state index in [0.717, 1.165) is 6.42 Å². The van der Waals surface area contributed by atoms with Gasteiger partial charge in [0, 0.05) is 12.2 Å². The van der Waals surface area contributed by atoms with Crippen molar-refractivity contribution < 1.29 is 13.2 Å². The quantitative estimate of drug-likeness (QED) is 0.804. The number of anilines is 1. The predicted octanol–water partition coefficient (Wildman–Crippen LogP) is 0.352. The Morgan fingerprint density at radius 2 is 2.22 bits per heavy atom. The zero-order chi connectivity index (χ0) is 13.8. The van der Waals surface area contributed by atoms with Crippen molar-refractivity contribution >= 4 is 21.4 Å². The van der Waals surface area contributed by atoms with Crippen LogP contribution in [0.25, 0.3) is 0 Å². The van der Waals surface area contributed by atoms with E-state index in [1.165, 1.54) is 18.3 Å². The highest BCUT2D eigenvalue weighted by Crippen LogP contribution is 2.15. The average Bonchev–Trinajstić information content (AvgIpc) is 2.28. The van der Waals surface area contributed by atoms with Crippen LogP contribution >= 0.6 is 0 Å². The van der Waals surface area contributed by atoms with Gasteiger partial charge in [0.1, 0.15) is 5.75 Å². The Morgan fingerprint density at radius 3 is 2.78 bits per heavy atom. The molecule has 0 spiro atoms. The van der Waals surface area contributed by atoms with Gasteiger partial charge in [-0.3, -0.25) is 4.79 Å². The molecule has 3 N–H and O–H groups in total. The number of nitrogens with two attached hydrogens (primary N) is 1. The van der Waals surface area contributed by atoms with Crippen LogP contribution in [0.2, 0.25) is 0 Å². The van der Waals surface area contributed by atoms with Crippen molar-refractivity contribution in [2.45, 2.75) is 31.3 Å². The average molecular weight is 271 g/mol. The molecule has 18 heavy (non-hydrogen) atoms. The topological polar surface area (TPSA) is 102 Å². The molecule has 0 aliphatic heterocycles. The standard InChI is InChI=1S/C11H17N3O3S/c1-3-8(2)14-10(15)7-18(16,17)11-9(12)5-4-6-13-11/h4-6,8H,3,7,12H2,1-2H3,(H,14,15). The number of amides is 1. The number of pyridine rings is 1. The number of hydrogen-bond donors (Lipinski definition) is 2. The highest BCUT2D eigenvalue weighted by Gasteiger charge is 2.23. The summed E-state index contributed by atoms with van der Waals surface area (Å²) >= 11 is 0. The molecule has 0 bridgehead atoms. The first kappa shape index (κ1) is 14.4. The van der Waals surface area contributed by atoms with Crippen molar-refractivity contribution in [2.75, 3.05) is 11.5 Å². The molecule has 0 aliphatic carbocycles. The van der Waals surface area contributed by atoms with Gasteiger partial charge in [-0.2, -0.15) is 0 Å². The number of nitrogen functional groups attached to an aromatic ring is 1. The Morgan fingerprint density at radius 1 is 1.56 bits per heavy atom. The molecule has 100 valence electrons. The molecule has 7 heteroatoms. The van der Waals surface area contributed by atoms with E-state index in [0.29, 0.717) is 0 Å². The Labute approximate surface area is 107 Å². The maximum atomic E-state index is 11.9. The molecule has 1 aromatic rings. The van der Waals surface area contributed by atoms with E-state index in [4.69, 9.17) is 5.73 Å². The largest absolute Gasteiger partial charge is 0.396 e. The third kappa shape index (κ3) is 3.69. The second-order valence-corrected chi connectivity index (χ2v) is 5.94. The van der Waals surface area contributed by atoms with E-state index in [-0.39, 0.29) is 16.8 Å². The summed E-state index contributed by atoms with van der Waals surface area (Å²) in [6, 6.07) is 2.91. The molecule has 0 fully saturated rings. The smallest absolute Gasteiger partial charge is 0.235 e. The molecule has 6 nitrogen and oxygen atoms in total. The minimum absolute atomic E-state index is 0.0499. The monoisotopic (exact) mass is 271 g/mol. The summed E-state index contributed by atoms with van der Waals surface area (Å²) in [7, 11) is -3.79. The number of carbonyl (C=O) groups excluding carboxylic acids is 1. The van der Waals surface area contributed by atoms with Crippen LogP contribution < -0.4 is 11.1 Å². The van der Waals surface area contributed by atoms with Gasteiger partial charge in [-0.25, -0.2) is 13.4 Å². The van der Waals surface area contributed by atoms with Crippen LogP contribution in [0.4, 0.5) is 5.69 Å². The van der Waals surface area contributed by atoms with Gasteiger partial charge >= 0.3 is 0 Å². The van der Waals surface area contributed by atoms with E-state index in [1.54, 1.807) is 6.92 Å². The lowest BCUT2D eigenvalue weighted by Gasteiger charge is -2.11. The fourth-order valence-electron chi connectivity index (χ4n) is 1.32. The lowest BCUT2D eigenvalue weighted by molar-refractivity contribution is -0.119. The van der Waals surface area contributed by atoms with Gasteiger partial charge in [0.15, 0.2) is 5.03 Å². The van der Waals surface area contributed by atoms with Gasteiger partial charge in [-0.1, -0.05) is 6.92 Å². The second-order valence-electron chi connectivity index (χ2n) is 4.03. The molecular formula is C11H17N3O3S. The number of sulfone groups is 1. The number of nitrogens with one attached hydrogen (secondary N) is 1. The minimum atomic E-state index is -3.79. The van der Waals surface area contributed by atoms with Gasteiger partial charge < -0.3 is 11.1 Å². The molecule has 1 aromatic heterocycles. The first-order valence-corrected chi connectivity index (χ1v) is 7.24. The molecule has 0 aliphatic rings. The van der Waals surface area contributed by atoms with E-state index >= 15 is 0 Å². The summed E-state index contributed by atoms with van der Waals surface area (Å²) in [5, 5.41) is 2.34. The fourth-order valence-corrected chi connectivity index (χ4v) is 2.54. The van der Waals surface area contributed by atoms with Crippen LogP contribution in [0.5, 0.6) is 0 Å². The fraction of sp³-hybridized carbons (Fsp3) is 0.455. The molecular weight excluding hydrogens is 254 g/mol. The lowest BCUT2D eigenvalue weighted by Crippen LogP contribution is -2.36. The van der Waals surface area contributed by atoms with Crippen molar-refractivity contribution in [2.24, 2.45) is 0 Å². The van der Waals surface area contributed by atoms with Crippen molar-refractivity contribution in [1.29, 1.82) is 0 Å². The van der Waals surface area contributed by atoms with E-state index in [2.05, 4.69) is 10.3 Å². The molecule has 0 radical (unpaired) electrons. The zero-order valence-corrected chi connectivity index (χ0v) is 11.2. The van der Waals surface area contributed by atoms with Crippen LogP contribution in [0, 0.1) is 0 Å². The summed E-state index contributed by atoms with van der Waals surface area (Å²) < 4.78 is 23.9. The number of nitrogens with zero attached hydrogens (tertiary/aromatic N) is 1. The lowest BCUT2D eigenvalue weighted by atomic mass is 10.3. The normalized spacial score (nSPS) is 13.0. The third-order valence-corrected chi connectivity index (χ3v) is 4.01.